The van der Waals surface area contributed by atoms with Crippen molar-refractivity contribution >= 4 is 49.8 Å². The summed E-state index contributed by atoms with van der Waals surface area (Å²) < 4.78 is 25.1. The van der Waals surface area contributed by atoms with Gasteiger partial charge in [0.1, 0.15) is 0 Å². The average molecular weight is 493 g/mol. The summed E-state index contributed by atoms with van der Waals surface area (Å²) in [5.74, 6) is -0.387. The van der Waals surface area contributed by atoms with Gasteiger partial charge in [-0.25, -0.2) is 18.8 Å². The molecule has 34 heavy (non-hydrogen) atoms. The third-order valence-electron chi connectivity index (χ3n) is 5.04. The first-order valence-electron chi connectivity index (χ1n) is 10.3. The Bertz CT molecular complexity index is 1520. The van der Waals surface area contributed by atoms with Gasteiger partial charge in [-0.2, -0.15) is 5.10 Å². The molecule has 0 aliphatic rings. The molecule has 0 saturated carbocycles. The molecule has 1 aromatic heterocycles. The van der Waals surface area contributed by atoms with Gasteiger partial charge in [0.05, 0.1) is 28.7 Å². The predicted molar refractivity (Wildman–Crippen MR) is 137 cm³/mol. The summed E-state index contributed by atoms with van der Waals surface area (Å²) in [6.45, 7) is 1.75. The van der Waals surface area contributed by atoms with E-state index in [1.54, 1.807) is 43.3 Å². The number of sulfonamides is 1. The monoisotopic (exact) mass is 492 g/mol. The minimum absolute atomic E-state index is 0.387. The van der Waals surface area contributed by atoms with Crippen molar-refractivity contribution in [3.8, 4) is 11.3 Å². The largest absolute Gasteiger partial charge is 0.284 e. The van der Waals surface area contributed by atoms with Crippen LogP contribution in [0.5, 0.6) is 0 Å². The van der Waals surface area contributed by atoms with Crippen molar-refractivity contribution in [3.63, 3.8) is 0 Å². The molecule has 0 aliphatic heterocycles. The minimum atomic E-state index is -3.36. The fourth-order valence-corrected chi connectivity index (χ4v) is 4.22. The van der Waals surface area contributed by atoms with Crippen LogP contribution in [0, 0.1) is 0 Å². The van der Waals surface area contributed by atoms with Gasteiger partial charge in [-0.15, -0.1) is 0 Å². The molecule has 0 fully saturated rings. The molecular formula is C25H21ClN4O3S. The summed E-state index contributed by atoms with van der Waals surface area (Å²) in [6, 6.07) is 23.1. The molecule has 0 spiro atoms. The first-order chi connectivity index (χ1) is 16.2. The molecule has 1 heterocycles. The average Bonchev–Trinajstić information content (AvgIpc) is 2.81. The second-order valence-corrected chi connectivity index (χ2v) is 9.80. The number of nitrogens with one attached hydrogen (secondary N) is 2. The molecule has 0 atom stereocenters. The fraction of sp³-hybridized carbons (Fsp3) is 0.0800. The Kier molecular flexibility index (Phi) is 6.63. The number of hydrogen-bond acceptors (Lipinski definition) is 5. The van der Waals surface area contributed by atoms with Gasteiger partial charge < -0.3 is 0 Å². The van der Waals surface area contributed by atoms with Gasteiger partial charge in [-0.3, -0.25) is 9.52 Å². The number of anilines is 1. The number of para-hydroxylation sites is 1. The van der Waals surface area contributed by atoms with Gasteiger partial charge in [-0.05, 0) is 42.8 Å². The lowest BCUT2D eigenvalue weighted by molar-refractivity contribution is 0.0956. The molecule has 172 valence electrons. The Labute approximate surface area is 202 Å². The zero-order chi connectivity index (χ0) is 24.3. The molecule has 0 unspecified atom stereocenters. The first-order valence-corrected chi connectivity index (χ1v) is 12.6. The molecule has 1 amide bonds. The SMILES string of the molecule is CC(=NNC(=O)c1cc(-c2ccccc2Cl)nc2ccccc12)c1ccc(NS(C)(=O)=O)cc1. The van der Waals surface area contributed by atoms with Crippen molar-refractivity contribution < 1.29 is 13.2 Å². The van der Waals surface area contributed by atoms with Crippen molar-refractivity contribution in [2.24, 2.45) is 5.10 Å². The number of nitrogens with zero attached hydrogens (tertiary/aromatic N) is 2. The van der Waals surface area contributed by atoms with Crippen LogP contribution in [-0.2, 0) is 10.0 Å². The summed E-state index contributed by atoms with van der Waals surface area (Å²) in [7, 11) is -3.36. The summed E-state index contributed by atoms with van der Waals surface area (Å²) in [6.07, 6.45) is 1.09. The van der Waals surface area contributed by atoms with Gasteiger partial charge in [0.25, 0.3) is 5.91 Å². The second kappa shape index (κ2) is 9.62. The van der Waals surface area contributed by atoms with Crippen LogP contribution in [-0.4, -0.2) is 31.3 Å². The molecule has 0 radical (unpaired) electrons. The van der Waals surface area contributed by atoms with E-state index >= 15 is 0 Å². The lowest BCUT2D eigenvalue weighted by Gasteiger charge is -2.10. The van der Waals surface area contributed by atoms with Crippen LogP contribution >= 0.6 is 11.6 Å². The van der Waals surface area contributed by atoms with Gasteiger partial charge in [0, 0.05) is 21.7 Å². The van der Waals surface area contributed by atoms with Crippen molar-refractivity contribution in [2.45, 2.75) is 6.92 Å². The summed E-state index contributed by atoms with van der Waals surface area (Å²) in [5, 5.41) is 5.47. The minimum Gasteiger partial charge on any atom is -0.284 e. The van der Waals surface area contributed by atoms with Crippen LogP contribution in [0.15, 0.2) is 84.0 Å². The molecular weight excluding hydrogens is 472 g/mol. The Balaban J connectivity index is 1.63. The number of pyridine rings is 1. The molecule has 0 aliphatic carbocycles. The number of amides is 1. The highest BCUT2D eigenvalue weighted by Crippen LogP contribution is 2.29. The van der Waals surface area contributed by atoms with Gasteiger partial charge >= 0.3 is 0 Å². The van der Waals surface area contributed by atoms with E-state index in [4.69, 9.17) is 11.6 Å². The normalized spacial score (nSPS) is 11.9. The predicted octanol–water partition coefficient (Wildman–Crippen LogP) is 5.08. The second-order valence-electron chi connectivity index (χ2n) is 7.64. The van der Waals surface area contributed by atoms with E-state index in [1.807, 2.05) is 42.5 Å². The van der Waals surface area contributed by atoms with E-state index < -0.39 is 10.0 Å². The number of benzene rings is 3. The quantitative estimate of drug-likeness (QED) is 0.289. The smallest absolute Gasteiger partial charge is 0.272 e. The van der Waals surface area contributed by atoms with E-state index in [-0.39, 0.29) is 5.91 Å². The molecule has 4 aromatic rings. The van der Waals surface area contributed by atoms with E-state index in [0.29, 0.717) is 38.6 Å². The molecule has 4 rings (SSSR count). The van der Waals surface area contributed by atoms with Crippen molar-refractivity contribution in [3.05, 3.63) is 95.0 Å². The topological polar surface area (TPSA) is 101 Å². The molecule has 7 nitrogen and oxygen atoms in total. The number of aromatic nitrogens is 1. The highest BCUT2D eigenvalue weighted by atomic mass is 35.5. The first kappa shape index (κ1) is 23.4. The molecule has 9 heteroatoms. The standard InChI is InChI=1S/C25H21ClN4O3S/c1-16(17-11-13-18(14-12-17)30-34(2,32)33)28-29-25(31)21-15-24(20-8-3-5-9-22(20)26)27-23-10-6-4-7-19(21)23/h3-15,30H,1-2H3,(H,29,31). The fourth-order valence-electron chi connectivity index (χ4n) is 3.42. The van der Waals surface area contributed by atoms with Gasteiger partial charge in [0.2, 0.25) is 10.0 Å². The maximum absolute atomic E-state index is 13.1. The number of hydrogen-bond donors (Lipinski definition) is 2. The van der Waals surface area contributed by atoms with Gasteiger partial charge in [0.15, 0.2) is 0 Å². The lowest BCUT2D eigenvalue weighted by atomic mass is 10.0. The lowest BCUT2D eigenvalue weighted by Crippen LogP contribution is -2.20. The maximum Gasteiger partial charge on any atom is 0.272 e. The Morgan fingerprint density at radius 2 is 1.65 bits per heavy atom. The van der Waals surface area contributed by atoms with Crippen LogP contribution in [0.4, 0.5) is 5.69 Å². The van der Waals surface area contributed by atoms with Crippen molar-refractivity contribution in [2.75, 3.05) is 11.0 Å². The number of hydrazone groups is 1. The van der Waals surface area contributed by atoms with Crippen LogP contribution in [0.25, 0.3) is 22.2 Å². The summed E-state index contributed by atoms with van der Waals surface area (Å²) >= 11 is 6.36. The molecule has 0 saturated heterocycles. The third-order valence-corrected chi connectivity index (χ3v) is 5.98. The number of rotatable bonds is 6. The zero-order valence-corrected chi connectivity index (χ0v) is 20.0. The van der Waals surface area contributed by atoms with Crippen molar-refractivity contribution in [1.82, 2.24) is 10.4 Å². The van der Waals surface area contributed by atoms with Gasteiger partial charge in [-0.1, -0.05) is 60.1 Å². The summed E-state index contributed by atoms with van der Waals surface area (Å²) in [5.41, 5.74) is 6.75. The Morgan fingerprint density at radius 1 is 0.971 bits per heavy atom. The van der Waals surface area contributed by atoms with Crippen LogP contribution in [0.1, 0.15) is 22.8 Å². The number of carbonyl (C=O) groups excluding carboxylic acids is 1. The molecule has 3 aromatic carbocycles. The number of carbonyl (C=O) groups is 1. The van der Waals surface area contributed by atoms with Crippen LogP contribution in [0.3, 0.4) is 0 Å². The van der Waals surface area contributed by atoms with Crippen LogP contribution < -0.4 is 10.1 Å². The highest BCUT2D eigenvalue weighted by molar-refractivity contribution is 7.92. The Morgan fingerprint density at radius 3 is 2.35 bits per heavy atom. The highest BCUT2D eigenvalue weighted by Gasteiger charge is 2.15. The zero-order valence-electron chi connectivity index (χ0n) is 18.4. The Hall–Kier alpha value is -3.75. The number of fused-ring (bicyclic) bond motifs is 1. The van der Waals surface area contributed by atoms with Crippen LogP contribution in [0.2, 0.25) is 5.02 Å². The van der Waals surface area contributed by atoms with E-state index in [1.165, 1.54) is 0 Å². The third kappa shape index (κ3) is 5.41. The van der Waals surface area contributed by atoms with E-state index in [2.05, 4.69) is 20.2 Å². The van der Waals surface area contributed by atoms with Crippen molar-refractivity contribution in [1.29, 1.82) is 0 Å². The summed E-state index contributed by atoms with van der Waals surface area (Å²) in [4.78, 5) is 17.8. The van der Waals surface area contributed by atoms with E-state index in [9.17, 15) is 13.2 Å². The molecule has 2 N–H and O–H groups in total. The van der Waals surface area contributed by atoms with E-state index in [0.717, 1.165) is 17.4 Å². The number of halogens is 1. The maximum atomic E-state index is 13.1. The molecule has 0 bridgehead atoms.